The second kappa shape index (κ2) is 23.6. The number of hydrogen-bond donors (Lipinski definition) is 0. The molecule has 24 aromatic rings. The van der Waals surface area contributed by atoms with Crippen LogP contribution in [0.25, 0.3) is 195 Å². The lowest BCUT2D eigenvalue weighted by Crippen LogP contribution is -2.11. The van der Waals surface area contributed by atoms with Crippen molar-refractivity contribution in [3.05, 3.63) is 340 Å². The largest absolute Gasteiger partial charge is 0.456 e. The molecule has 24 rings (SSSR count). The SMILES string of the molecule is c1ccc(-c2nc3cc4c(cc3o2)oc2cc(N(c3cccc5c3sc3ccc(-c6ccc(-c7nc8cc9oc%10cc(N(c%11ccc%12c%13ccccc%13n(-c%13ccccc%13)c%12c%11)c%11cccc%12c%11sc%11ccccc%11%12)ccc%10c9cc8o7)cc6)cc35)c3cccc5c6ccccc6n(-c6ccccc6)c35)ccc24)cc1. The maximum Gasteiger partial charge on any atom is 0.227 e. The summed E-state index contributed by atoms with van der Waals surface area (Å²) in [4.78, 5) is 14.9. The zero-order valence-electron chi connectivity index (χ0n) is 58.5. The Kier molecular flexibility index (Phi) is 13.1. The van der Waals surface area contributed by atoms with Crippen molar-refractivity contribution < 1.29 is 17.7 Å². The third-order valence-corrected chi connectivity index (χ3v) is 24.6. The first-order chi connectivity index (χ1) is 54.5. The molecular weight excluding hydrogens is 1390 g/mol. The predicted octanol–water partition coefficient (Wildman–Crippen LogP) is 28.6. The van der Waals surface area contributed by atoms with Crippen molar-refractivity contribution in [1.82, 2.24) is 19.1 Å². The van der Waals surface area contributed by atoms with Gasteiger partial charge in [0.2, 0.25) is 11.8 Å². The maximum absolute atomic E-state index is 6.90. The van der Waals surface area contributed by atoms with Crippen molar-refractivity contribution in [2.24, 2.45) is 0 Å². The summed E-state index contributed by atoms with van der Waals surface area (Å²) in [7, 11) is 0. The molecule has 0 spiro atoms. The van der Waals surface area contributed by atoms with E-state index < -0.39 is 0 Å². The Morgan fingerprint density at radius 1 is 0.245 bits per heavy atom. The minimum atomic E-state index is 0.543. The minimum Gasteiger partial charge on any atom is -0.456 e. The molecule has 110 heavy (non-hydrogen) atoms. The summed E-state index contributed by atoms with van der Waals surface area (Å²) in [5.41, 5.74) is 22.7. The van der Waals surface area contributed by atoms with Crippen LogP contribution in [0.4, 0.5) is 34.1 Å². The number of furan rings is 2. The molecule has 0 aliphatic carbocycles. The zero-order valence-corrected chi connectivity index (χ0v) is 60.1. The molecule has 514 valence electrons. The first kappa shape index (κ1) is 60.9. The molecule has 0 aliphatic heterocycles. The van der Waals surface area contributed by atoms with Gasteiger partial charge in [0.1, 0.15) is 33.4 Å². The van der Waals surface area contributed by atoms with E-state index in [-0.39, 0.29) is 0 Å². The Hall–Kier alpha value is -14.3. The van der Waals surface area contributed by atoms with Crippen LogP contribution in [0.5, 0.6) is 0 Å². The highest BCUT2D eigenvalue weighted by molar-refractivity contribution is 7.26. The second-order valence-corrected chi connectivity index (χ2v) is 30.4. The highest BCUT2D eigenvalue weighted by Gasteiger charge is 2.28. The van der Waals surface area contributed by atoms with E-state index in [4.69, 9.17) is 27.6 Å². The number of nitrogens with zero attached hydrogens (tertiary/aromatic N) is 6. The fraction of sp³-hybridized carbons (Fsp3) is 0. The van der Waals surface area contributed by atoms with Gasteiger partial charge in [-0.3, -0.25) is 0 Å². The maximum atomic E-state index is 6.90. The quantitative estimate of drug-likeness (QED) is 0.126. The molecular formula is C98H56N6O4S2. The van der Waals surface area contributed by atoms with E-state index in [0.29, 0.717) is 22.9 Å². The molecule has 0 atom stereocenters. The normalized spacial score (nSPS) is 12.2. The second-order valence-electron chi connectivity index (χ2n) is 28.3. The minimum absolute atomic E-state index is 0.543. The Labute approximate surface area is 634 Å². The van der Waals surface area contributed by atoms with Gasteiger partial charge in [-0.25, -0.2) is 9.97 Å². The molecule has 0 aliphatic rings. The van der Waals surface area contributed by atoms with E-state index in [2.05, 4.69) is 316 Å². The number of anilines is 6. The highest BCUT2D eigenvalue weighted by Crippen LogP contribution is 2.52. The van der Waals surface area contributed by atoms with Gasteiger partial charge in [0, 0.05) is 132 Å². The number of thiophene rings is 2. The van der Waals surface area contributed by atoms with E-state index in [1.54, 1.807) is 0 Å². The smallest absolute Gasteiger partial charge is 0.227 e. The molecule has 0 bridgehead atoms. The summed E-state index contributed by atoms with van der Waals surface area (Å²) in [6.07, 6.45) is 0. The molecule has 0 saturated carbocycles. The Morgan fingerprint density at radius 2 is 0.709 bits per heavy atom. The lowest BCUT2D eigenvalue weighted by atomic mass is 10.0. The number of benzene rings is 16. The van der Waals surface area contributed by atoms with Crippen LogP contribution in [-0.4, -0.2) is 19.1 Å². The van der Waals surface area contributed by atoms with Gasteiger partial charge in [-0.2, -0.15) is 0 Å². The van der Waals surface area contributed by atoms with Gasteiger partial charge in [0.15, 0.2) is 11.2 Å². The molecule has 0 radical (unpaired) electrons. The number of hydrogen-bond acceptors (Lipinski definition) is 10. The van der Waals surface area contributed by atoms with Crippen molar-refractivity contribution >= 4 is 207 Å². The average Bonchev–Trinajstić information content (AvgIpc) is 1.55. The molecule has 16 aromatic carbocycles. The third-order valence-electron chi connectivity index (χ3n) is 22.1. The van der Waals surface area contributed by atoms with Crippen LogP contribution in [-0.2, 0) is 0 Å². The number of rotatable bonds is 11. The lowest BCUT2D eigenvalue weighted by Gasteiger charge is -2.27. The fourth-order valence-corrected chi connectivity index (χ4v) is 19.5. The van der Waals surface area contributed by atoms with Gasteiger partial charge in [-0.1, -0.05) is 170 Å². The van der Waals surface area contributed by atoms with E-state index in [9.17, 15) is 0 Å². The number of aromatic nitrogens is 4. The van der Waals surface area contributed by atoms with E-state index in [1.807, 2.05) is 65.1 Å². The van der Waals surface area contributed by atoms with Crippen molar-refractivity contribution in [2.75, 3.05) is 9.80 Å². The fourth-order valence-electron chi connectivity index (χ4n) is 17.1. The third kappa shape index (κ3) is 9.27. The summed E-state index contributed by atoms with van der Waals surface area (Å²) >= 11 is 3.64. The number of fused-ring (bicyclic) bond motifs is 20. The van der Waals surface area contributed by atoms with Gasteiger partial charge in [0.05, 0.1) is 54.2 Å². The molecule has 0 fully saturated rings. The number of oxazole rings is 2. The molecule has 8 aromatic heterocycles. The summed E-state index contributed by atoms with van der Waals surface area (Å²) < 4.78 is 36.5. The van der Waals surface area contributed by atoms with Gasteiger partial charge < -0.3 is 36.6 Å². The summed E-state index contributed by atoms with van der Waals surface area (Å²) in [6, 6.07) is 121. The summed E-state index contributed by atoms with van der Waals surface area (Å²) in [5.74, 6) is 1.12. The van der Waals surface area contributed by atoms with Gasteiger partial charge >= 0.3 is 0 Å². The lowest BCUT2D eigenvalue weighted by molar-refractivity contribution is 0.617. The standard InChI is InChI=1S/C98H56N6O4S2/c1-4-19-58(20-5-1)97-99-78-53-75-69-47-44-65(52-87(69)106-89(75)56-91(78)108-97)103(82-33-16-28-72-67-26-11-14-32-81(67)104(94(72)82)62-23-8-3-9-24-62)84-35-18-30-74-77-49-60(41-48-93(77)110-96(74)84)57-37-39-59(40-38-57)98-100-79-55-88-76(54-90(79)107-98)70-46-43-64(51-86(70)105-88)101(83-34-17-29-73-71-27-12-15-36-92(71)109-95(73)83)63-42-45-68-66-25-10-13-31-80(66)102(85(68)50-63)61-21-6-2-7-22-61/h1-56H. The Morgan fingerprint density at radius 3 is 1.41 bits per heavy atom. The molecule has 10 nitrogen and oxygen atoms in total. The monoisotopic (exact) mass is 1440 g/mol. The average molecular weight is 1450 g/mol. The molecule has 0 unspecified atom stereocenters. The van der Waals surface area contributed by atoms with E-state index >= 15 is 0 Å². The highest BCUT2D eigenvalue weighted by atomic mass is 32.1. The molecule has 12 heteroatoms. The molecule has 0 saturated heterocycles. The van der Waals surface area contributed by atoms with E-state index in [1.165, 1.54) is 51.8 Å². The first-order valence-corrected chi connectivity index (χ1v) is 38.4. The van der Waals surface area contributed by atoms with E-state index in [0.717, 1.165) is 155 Å². The van der Waals surface area contributed by atoms with Gasteiger partial charge in [-0.05, 0) is 157 Å². The van der Waals surface area contributed by atoms with Crippen molar-refractivity contribution in [1.29, 1.82) is 0 Å². The zero-order chi connectivity index (χ0) is 71.8. The summed E-state index contributed by atoms with van der Waals surface area (Å²) in [5, 5.41) is 13.5. The van der Waals surface area contributed by atoms with Crippen LogP contribution in [0.1, 0.15) is 0 Å². The van der Waals surface area contributed by atoms with Crippen molar-refractivity contribution in [3.8, 4) is 45.4 Å². The van der Waals surface area contributed by atoms with Crippen LogP contribution < -0.4 is 9.80 Å². The summed E-state index contributed by atoms with van der Waals surface area (Å²) in [6.45, 7) is 0. The predicted molar refractivity (Wildman–Crippen MR) is 456 cm³/mol. The Bertz CT molecular complexity index is 7940. The topological polar surface area (TPSA) is 94.7 Å². The van der Waals surface area contributed by atoms with Crippen LogP contribution in [0.3, 0.4) is 0 Å². The van der Waals surface area contributed by atoms with Crippen molar-refractivity contribution in [3.63, 3.8) is 0 Å². The molecule has 8 heterocycles. The van der Waals surface area contributed by atoms with Crippen LogP contribution in [0.2, 0.25) is 0 Å². The molecule has 0 amide bonds. The van der Waals surface area contributed by atoms with Gasteiger partial charge in [-0.15, -0.1) is 22.7 Å². The first-order valence-electron chi connectivity index (χ1n) is 36.8. The molecule has 0 N–H and O–H groups in total. The van der Waals surface area contributed by atoms with Gasteiger partial charge in [0.25, 0.3) is 0 Å². The van der Waals surface area contributed by atoms with Crippen LogP contribution in [0.15, 0.2) is 357 Å². The number of para-hydroxylation sites is 5. The Balaban J connectivity index is 0.582. The van der Waals surface area contributed by atoms with Crippen molar-refractivity contribution in [2.45, 2.75) is 0 Å². The van der Waals surface area contributed by atoms with Crippen LogP contribution in [0, 0.1) is 0 Å². The van der Waals surface area contributed by atoms with Crippen LogP contribution >= 0.6 is 22.7 Å².